The number of nitrogens with one attached hydrogen (secondary N) is 1. The van der Waals surface area contributed by atoms with Crippen LogP contribution in [0.5, 0.6) is 0 Å². The van der Waals surface area contributed by atoms with Crippen LogP contribution in [0.3, 0.4) is 0 Å². The van der Waals surface area contributed by atoms with Crippen molar-refractivity contribution < 1.29 is 19.1 Å². The van der Waals surface area contributed by atoms with Gasteiger partial charge in [0, 0.05) is 6.04 Å². The number of carbonyl (C=O) groups is 2. The van der Waals surface area contributed by atoms with Gasteiger partial charge < -0.3 is 14.8 Å². The summed E-state index contributed by atoms with van der Waals surface area (Å²) in [6, 6.07) is 9.70. The molecule has 1 N–H and O–H groups in total. The zero-order valence-corrected chi connectivity index (χ0v) is 12.7. The fraction of sp³-hybridized carbons (Fsp3) is 0.529. The summed E-state index contributed by atoms with van der Waals surface area (Å²) in [4.78, 5) is 23.5. The van der Waals surface area contributed by atoms with Gasteiger partial charge in [0.25, 0.3) is 0 Å². The van der Waals surface area contributed by atoms with Crippen molar-refractivity contribution in [1.82, 2.24) is 5.32 Å². The standard InChI is InChI=1S/C17H21NO4/c1-2-21-16(19)15-13-8-12(9-14(13)15)18-17(20)22-10-11-6-4-3-5-7-11/h3-7,12-15H,2,8-10H2,1H3,(H,18,20). The molecule has 2 aliphatic carbocycles. The average molecular weight is 303 g/mol. The SMILES string of the molecule is CCOC(=O)C1C2CC(NC(=O)OCc3ccccc3)CC21. The molecule has 3 rings (SSSR count). The van der Waals surface area contributed by atoms with Crippen LogP contribution in [0.4, 0.5) is 4.79 Å². The van der Waals surface area contributed by atoms with Crippen LogP contribution in [-0.2, 0) is 20.9 Å². The number of hydrogen-bond acceptors (Lipinski definition) is 4. The van der Waals surface area contributed by atoms with Gasteiger partial charge >= 0.3 is 12.1 Å². The second kappa shape index (κ2) is 6.38. The van der Waals surface area contributed by atoms with Gasteiger partial charge in [-0.15, -0.1) is 0 Å². The van der Waals surface area contributed by atoms with Crippen LogP contribution in [0.25, 0.3) is 0 Å². The molecule has 2 fully saturated rings. The number of rotatable bonds is 5. The molecule has 0 radical (unpaired) electrons. The van der Waals surface area contributed by atoms with Gasteiger partial charge in [-0.2, -0.15) is 0 Å². The molecule has 22 heavy (non-hydrogen) atoms. The fourth-order valence-electron chi connectivity index (χ4n) is 3.48. The molecule has 2 unspecified atom stereocenters. The van der Waals surface area contributed by atoms with Crippen LogP contribution in [0, 0.1) is 17.8 Å². The van der Waals surface area contributed by atoms with E-state index in [4.69, 9.17) is 9.47 Å². The Balaban J connectivity index is 1.38. The minimum atomic E-state index is -0.386. The number of hydrogen-bond donors (Lipinski definition) is 1. The number of alkyl carbamates (subject to hydrolysis) is 1. The van der Waals surface area contributed by atoms with E-state index in [1.807, 2.05) is 37.3 Å². The van der Waals surface area contributed by atoms with Crippen molar-refractivity contribution in [1.29, 1.82) is 0 Å². The van der Waals surface area contributed by atoms with Crippen molar-refractivity contribution in [3.63, 3.8) is 0 Å². The number of amides is 1. The molecule has 0 aromatic heterocycles. The molecule has 118 valence electrons. The molecule has 0 saturated heterocycles. The van der Waals surface area contributed by atoms with E-state index in [2.05, 4.69) is 5.32 Å². The highest BCUT2D eigenvalue weighted by molar-refractivity contribution is 5.77. The molecule has 2 saturated carbocycles. The summed E-state index contributed by atoms with van der Waals surface area (Å²) < 4.78 is 10.3. The molecule has 5 nitrogen and oxygen atoms in total. The van der Waals surface area contributed by atoms with Gasteiger partial charge in [-0.3, -0.25) is 4.79 Å². The first-order valence-electron chi connectivity index (χ1n) is 7.83. The van der Waals surface area contributed by atoms with Gasteiger partial charge in [-0.25, -0.2) is 4.79 Å². The maximum Gasteiger partial charge on any atom is 0.407 e. The third-order valence-electron chi connectivity index (χ3n) is 4.54. The highest BCUT2D eigenvalue weighted by Crippen LogP contribution is 2.57. The maximum atomic E-state index is 11.8. The summed E-state index contributed by atoms with van der Waals surface area (Å²) in [5.74, 6) is 0.720. The highest BCUT2D eigenvalue weighted by atomic mass is 16.5. The first-order chi connectivity index (χ1) is 10.7. The smallest absolute Gasteiger partial charge is 0.407 e. The number of ether oxygens (including phenoxy) is 2. The Labute approximate surface area is 130 Å². The van der Waals surface area contributed by atoms with Crippen LogP contribution in [0.2, 0.25) is 0 Å². The van der Waals surface area contributed by atoms with E-state index in [0.29, 0.717) is 18.4 Å². The van der Waals surface area contributed by atoms with Crippen LogP contribution in [0.1, 0.15) is 25.3 Å². The molecule has 0 heterocycles. The molecule has 0 aliphatic heterocycles. The Morgan fingerprint density at radius 2 is 1.82 bits per heavy atom. The molecule has 2 atom stereocenters. The van der Waals surface area contributed by atoms with Gasteiger partial charge in [-0.05, 0) is 37.2 Å². The molecule has 1 aromatic rings. The minimum absolute atomic E-state index is 0.0540. The molecular formula is C17H21NO4. The van der Waals surface area contributed by atoms with Crippen LogP contribution < -0.4 is 5.32 Å². The van der Waals surface area contributed by atoms with E-state index < -0.39 is 0 Å². The third kappa shape index (κ3) is 3.24. The van der Waals surface area contributed by atoms with E-state index >= 15 is 0 Å². The van der Waals surface area contributed by atoms with Crippen molar-refractivity contribution in [2.45, 2.75) is 32.4 Å². The van der Waals surface area contributed by atoms with Gasteiger partial charge in [-0.1, -0.05) is 30.3 Å². The minimum Gasteiger partial charge on any atom is -0.466 e. The lowest BCUT2D eigenvalue weighted by Gasteiger charge is -2.16. The molecule has 0 bridgehead atoms. The topological polar surface area (TPSA) is 64.6 Å². The second-order valence-electron chi connectivity index (χ2n) is 5.98. The predicted molar refractivity (Wildman–Crippen MR) is 79.9 cm³/mol. The highest BCUT2D eigenvalue weighted by Gasteiger charge is 2.60. The predicted octanol–water partition coefficient (Wildman–Crippen LogP) is 2.50. The van der Waals surface area contributed by atoms with Gasteiger partial charge in [0.05, 0.1) is 12.5 Å². The quantitative estimate of drug-likeness (QED) is 0.849. The van der Waals surface area contributed by atoms with E-state index in [-0.39, 0.29) is 30.6 Å². The summed E-state index contributed by atoms with van der Waals surface area (Å²) in [7, 11) is 0. The first-order valence-corrected chi connectivity index (χ1v) is 7.83. The van der Waals surface area contributed by atoms with Crippen molar-refractivity contribution in [2.24, 2.45) is 17.8 Å². The largest absolute Gasteiger partial charge is 0.466 e. The Kier molecular flexibility index (Phi) is 4.32. The molecule has 5 heteroatoms. The monoisotopic (exact) mass is 303 g/mol. The number of esters is 1. The molecule has 1 amide bonds. The lowest BCUT2D eigenvalue weighted by Crippen LogP contribution is -2.35. The van der Waals surface area contributed by atoms with E-state index in [0.717, 1.165) is 18.4 Å². The van der Waals surface area contributed by atoms with E-state index in [1.165, 1.54) is 0 Å². The summed E-state index contributed by atoms with van der Waals surface area (Å²) in [6.07, 6.45) is 1.30. The van der Waals surface area contributed by atoms with Crippen LogP contribution >= 0.6 is 0 Å². The van der Waals surface area contributed by atoms with Gasteiger partial charge in [0.2, 0.25) is 0 Å². The molecular weight excluding hydrogens is 282 g/mol. The van der Waals surface area contributed by atoms with Crippen molar-refractivity contribution in [3.05, 3.63) is 35.9 Å². The number of benzene rings is 1. The van der Waals surface area contributed by atoms with Crippen molar-refractivity contribution >= 4 is 12.1 Å². The summed E-state index contributed by atoms with van der Waals surface area (Å²) in [5.41, 5.74) is 0.967. The maximum absolute atomic E-state index is 11.8. The Hall–Kier alpha value is -2.04. The van der Waals surface area contributed by atoms with E-state index in [9.17, 15) is 9.59 Å². The first kappa shape index (κ1) is 14.9. The fourth-order valence-corrected chi connectivity index (χ4v) is 3.48. The Morgan fingerprint density at radius 3 is 2.45 bits per heavy atom. The van der Waals surface area contributed by atoms with E-state index in [1.54, 1.807) is 0 Å². The van der Waals surface area contributed by atoms with Crippen LogP contribution in [-0.4, -0.2) is 24.7 Å². The molecule has 2 aliphatic rings. The Morgan fingerprint density at radius 1 is 1.14 bits per heavy atom. The van der Waals surface area contributed by atoms with Crippen molar-refractivity contribution in [3.8, 4) is 0 Å². The summed E-state index contributed by atoms with van der Waals surface area (Å²) >= 11 is 0. The third-order valence-corrected chi connectivity index (χ3v) is 4.54. The normalized spacial score (nSPS) is 28.6. The summed E-state index contributed by atoms with van der Waals surface area (Å²) in [6.45, 7) is 2.53. The lowest BCUT2D eigenvalue weighted by atomic mass is 10.1. The second-order valence-corrected chi connectivity index (χ2v) is 5.98. The Bertz CT molecular complexity index is 533. The van der Waals surface area contributed by atoms with Gasteiger partial charge in [0.15, 0.2) is 0 Å². The van der Waals surface area contributed by atoms with Crippen molar-refractivity contribution in [2.75, 3.05) is 6.61 Å². The summed E-state index contributed by atoms with van der Waals surface area (Å²) in [5, 5.41) is 2.89. The lowest BCUT2D eigenvalue weighted by molar-refractivity contribution is -0.145. The zero-order chi connectivity index (χ0) is 15.5. The zero-order valence-electron chi connectivity index (χ0n) is 12.7. The van der Waals surface area contributed by atoms with Crippen LogP contribution in [0.15, 0.2) is 30.3 Å². The molecule has 0 spiro atoms. The number of carbonyl (C=O) groups excluding carboxylic acids is 2. The molecule has 1 aromatic carbocycles. The number of fused-ring (bicyclic) bond motifs is 1. The average Bonchev–Trinajstić information content (AvgIpc) is 3.03. The van der Waals surface area contributed by atoms with Gasteiger partial charge in [0.1, 0.15) is 6.61 Å².